The molecule has 0 aliphatic heterocycles. The topological polar surface area (TPSA) is 80.3 Å². The Hall–Kier alpha value is -1.90. The maximum atomic E-state index is 12.3. The van der Waals surface area contributed by atoms with E-state index in [9.17, 15) is 9.59 Å². The predicted octanol–water partition coefficient (Wildman–Crippen LogP) is 2.25. The fraction of sp³-hybridized carbons (Fsp3) is 0.267. The van der Waals surface area contributed by atoms with Crippen LogP contribution in [0.25, 0.3) is 0 Å². The first-order chi connectivity index (χ1) is 11.2. The van der Waals surface area contributed by atoms with Crippen molar-refractivity contribution < 1.29 is 14.3 Å². The molecule has 1 heterocycles. The molecule has 0 radical (unpaired) electrons. The van der Waals surface area contributed by atoms with Gasteiger partial charge in [-0.15, -0.1) is 23.1 Å². The van der Waals surface area contributed by atoms with Gasteiger partial charge in [0.1, 0.15) is 0 Å². The number of benzene rings is 1. The quantitative estimate of drug-likeness (QED) is 0.563. The Morgan fingerprint density at radius 1 is 1.35 bits per heavy atom. The number of carbonyl (C=O) groups excluding carboxylic acids is 2. The number of hydrogen-bond donors (Lipinski definition) is 2. The molecule has 23 heavy (non-hydrogen) atoms. The van der Waals surface area contributed by atoms with Crippen LogP contribution in [0.4, 0.5) is 5.13 Å². The summed E-state index contributed by atoms with van der Waals surface area (Å²) in [4.78, 5) is 28.8. The highest BCUT2D eigenvalue weighted by Crippen LogP contribution is 2.23. The summed E-state index contributed by atoms with van der Waals surface area (Å²) in [6.07, 6.45) is 1.63. The van der Waals surface area contributed by atoms with Crippen LogP contribution in [0.1, 0.15) is 10.4 Å². The largest absolute Gasteiger partial charge is 0.383 e. The van der Waals surface area contributed by atoms with Gasteiger partial charge in [-0.3, -0.25) is 14.9 Å². The molecule has 0 unspecified atom stereocenters. The number of methoxy groups -OCH3 is 1. The number of nitrogens with one attached hydrogen (secondary N) is 2. The molecule has 8 heteroatoms. The number of nitrogens with zero attached hydrogens (tertiary/aromatic N) is 1. The van der Waals surface area contributed by atoms with Gasteiger partial charge in [-0.25, -0.2) is 4.98 Å². The molecule has 0 spiro atoms. The molecule has 0 saturated heterocycles. The average Bonchev–Trinajstić information content (AvgIpc) is 3.06. The third-order valence-corrected chi connectivity index (χ3v) is 4.53. The first-order valence-electron chi connectivity index (χ1n) is 6.89. The van der Waals surface area contributed by atoms with Gasteiger partial charge >= 0.3 is 0 Å². The van der Waals surface area contributed by atoms with Crippen molar-refractivity contribution in [1.29, 1.82) is 0 Å². The lowest BCUT2D eigenvalue weighted by Gasteiger charge is -2.09. The number of anilines is 1. The Balaban J connectivity index is 1.94. The van der Waals surface area contributed by atoms with Gasteiger partial charge in [0.25, 0.3) is 5.91 Å². The molecule has 0 fully saturated rings. The van der Waals surface area contributed by atoms with Crippen molar-refractivity contribution in [3.8, 4) is 0 Å². The predicted molar refractivity (Wildman–Crippen MR) is 92.1 cm³/mol. The molecule has 0 saturated carbocycles. The van der Waals surface area contributed by atoms with Crippen LogP contribution in [0.3, 0.4) is 0 Å². The smallest absolute Gasteiger partial charge is 0.258 e. The normalized spacial score (nSPS) is 10.3. The van der Waals surface area contributed by atoms with Crippen LogP contribution in [-0.2, 0) is 9.53 Å². The van der Waals surface area contributed by atoms with Crippen LogP contribution < -0.4 is 10.6 Å². The Morgan fingerprint density at radius 2 is 2.17 bits per heavy atom. The highest BCUT2D eigenvalue weighted by molar-refractivity contribution is 8.00. The third kappa shape index (κ3) is 5.66. The van der Waals surface area contributed by atoms with E-state index in [2.05, 4.69) is 15.6 Å². The van der Waals surface area contributed by atoms with Crippen LogP contribution in [0.5, 0.6) is 0 Å². The number of hydrogen-bond acceptors (Lipinski definition) is 6. The molecule has 0 aliphatic rings. The molecule has 0 bridgehead atoms. The van der Waals surface area contributed by atoms with Crippen molar-refractivity contribution in [3.63, 3.8) is 0 Å². The molecule has 122 valence electrons. The van der Waals surface area contributed by atoms with Crippen LogP contribution in [0.2, 0.25) is 0 Å². The zero-order valence-corrected chi connectivity index (χ0v) is 14.2. The van der Waals surface area contributed by atoms with E-state index in [1.807, 2.05) is 12.1 Å². The van der Waals surface area contributed by atoms with Crippen molar-refractivity contribution in [3.05, 3.63) is 41.4 Å². The molecule has 2 N–H and O–H groups in total. The summed E-state index contributed by atoms with van der Waals surface area (Å²) < 4.78 is 4.88. The monoisotopic (exact) mass is 351 g/mol. The van der Waals surface area contributed by atoms with Gasteiger partial charge in [-0.05, 0) is 12.1 Å². The van der Waals surface area contributed by atoms with Crippen molar-refractivity contribution in [2.45, 2.75) is 4.90 Å². The number of thioether (sulfide) groups is 1. The van der Waals surface area contributed by atoms with Crippen LogP contribution in [0, 0.1) is 0 Å². The van der Waals surface area contributed by atoms with E-state index in [0.717, 1.165) is 4.90 Å². The summed E-state index contributed by atoms with van der Waals surface area (Å²) in [5.74, 6) is -0.0874. The van der Waals surface area contributed by atoms with Gasteiger partial charge in [-0.2, -0.15) is 0 Å². The third-order valence-electron chi connectivity index (χ3n) is 2.77. The molecular weight excluding hydrogens is 334 g/mol. The minimum atomic E-state index is -0.233. The Kier molecular flexibility index (Phi) is 7.05. The molecule has 2 amide bonds. The standard InChI is InChI=1S/C15H17N3O3S2/c1-21-8-6-16-13(19)10-23-12-5-3-2-4-11(12)14(20)18-15-17-7-9-22-15/h2-5,7,9H,6,8,10H2,1H3,(H,16,19)(H,17,18,20). The maximum absolute atomic E-state index is 12.3. The SMILES string of the molecule is COCCNC(=O)CSc1ccccc1C(=O)Nc1nccs1. The summed E-state index contributed by atoms with van der Waals surface area (Å²) in [7, 11) is 1.58. The molecule has 1 aromatic carbocycles. The number of carbonyl (C=O) groups is 2. The van der Waals surface area contributed by atoms with E-state index in [1.165, 1.54) is 23.1 Å². The average molecular weight is 351 g/mol. The second-order valence-corrected chi connectivity index (χ2v) is 6.33. The van der Waals surface area contributed by atoms with Crippen LogP contribution in [0.15, 0.2) is 40.7 Å². The molecule has 0 aliphatic carbocycles. The fourth-order valence-corrected chi connectivity index (χ4v) is 3.12. The molecule has 2 rings (SSSR count). The van der Waals surface area contributed by atoms with E-state index in [4.69, 9.17) is 4.74 Å². The lowest BCUT2D eigenvalue weighted by Crippen LogP contribution is -2.28. The van der Waals surface area contributed by atoms with E-state index in [1.54, 1.807) is 30.8 Å². The zero-order valence-electron chi connectivity index (χ0n) is 12.6. The van der Waals surface area contributed by atoms with Crippen molar-refractivity contribution in [2.75, 3.05) is 31.3 Å². The fourth-order valence-electron chi connectivity index (χ4n) is 1.72. The van der Waals surface area contributed by atoms with Gasteiger partial charge in [-0.1, -0.05) is 12.1 Å². The summed E-state index contributed by atoms with van der Waals surface area (Å²) in [6, 6.07) is 7.18. The minimum absolute atomic E-state index is 0.0952. The minimum Gasteiger partial charge on any atom is -0.383 e. The first-order valence-corrected chi connectivity index (χ1v) is 8.75. The summed E-state index contributed by atoms with van der Waals surface area (Å²) in [6.45, 7) is 0.950. The molecular formula is C15H17N3O3S2. The van der Waals surface area contributed by atoms with Gasteiger partial charge in [0.15, 0.2) is 5.13 Å². The summed E-state index contributed by atoms with van der Waals surface area (Å²) in [5.41, 5.74) is 0.525. The Labute approximate surface area is 142 Å². The maximum Gasteiger partial charge on any atom is 0.258 e. The molecule has 6 nitrogen and oxygen atoms in total. The number of rotatable bonds is 8. The van der Waals surface area contributed by atoms with E-state index >= 15 is 0 Å². The van der Waals surface area contributed by atoms with Gasteiger partial charge in [0, 0.05) is 30.1 Å². The molecule has 2 aromatic rings. The first kappa shape index (κ1) is 17.5. The highest BCUT2D eigenvalue weighted by Gasteiger charge is 2.13. The number of thiazole rings is 1. The Bertz CT molecular complexity index is 647. The van der Waals surface area contributed by atoms with Crippen LogP contribution in [-0.4, -0.2) is 42.8 Å². The van der Waals surface area contributed by atoms with Crippen molar-refractivity contribution >= 4 is 40.0 Å². The van der Waals surface area contributed by atoms with E-state index in [0.29, 0.717) is 23.8 Å². The summed E-state index contributed by atoms with van der Waals surface area (Å²) in [5, 5.41) is 7.83. The second kappa shape index (κ2) is 9.29. The molecule has 0 atom stereocenters. The summed E-state index contributed by atoms with van der Waals surface area (Å²) >= 11 is 2.68. The van der Waals surface area contributed by atoms with E-state index < -0.39 is 0 Å². The lowest BCUT2D eigenvalue weighted by atomic mass is 10.2. The lowest BCUT2D eigenvalue weighted by molar-refractivity contribution is -0.118. The van der Waals surface area contributed by atoms with Gasteiger partial charge in [0.05, 0.1) is 17.9 Å². The van der Waals surface area contributed by atoms with Gasteiger partial charge in [0.2, 0.25) is 5.91 Å². The number of aromatic nitrogens is 1. The van der Waals surface area contributed by atoms with E-state index in [-0.39, 0.29) is 17.6 Å². The van der Waals surface area contributed by atoms with Crippen molar-refractivity contribution in [1.82, 2.24) is 10.3 Å². The second-order valence-electron chi connectivity index (χ2n) is 4.42. The molecule has 1 aromatic heterocycles. The number of ether oxygens (including phenoxy) is 1. The van der Waals surface area contributed by atoms with Gasteiger partial charge < -0.3 is 10.1 Å². The number of amides is 2. The van der Waals surface area contributed by atoms with Crippen LogP contribution >= 0.6 is 23.1 Å². The van der Waals surface area contributed by atoms with Crippen molar-refractivity contribution in [2.24, 2.45) is 0 Å². The Morgan fingerprint density at radius 3 is 2.91 bits per heavy atom. The zero-order chi connectivity index (χ0) is 16.5. The highest BCUT2D eigenvalue weighted by atomic mass is 32.2.